The fourth-order valence-electron chi connectivity index (χ4n) is 0. The van der Waals surface area contributed by atoms with Gasteiger partial charge in [0, 0.05) is 0 Å². The van der Waals surface area contributed by atoms with Crippen LogP contribution in [0.25, 0.3) is 0 Å². The summed E-state index contributed by atoms with van der Waals surface area (Å²) < 4.78 is 0. The summed E-state index contributed by atoms with van der Waals surface area (Å²) in [5.74, 6) is 0. The van der Waals surface area contributed by atoms with Crippen molar-refractivity contribution in [1.29, 1.82) is 0 Å². The first kappa shape index (κ1) is 15.8. The Hall–Kier alpha value is 1.96. The summed E-state index contributed by atoms with van der Waals surface area (Å²) in [5.41, 5.74) is 0. The van der Waals surface area contributed by atoms with Crippen LogP contribution in [-0.4, -0.2) is 14.1 Å². The molecule has 0 amide bonds. The molecule has 0 aromatic rings. The van der Waals surface area contributed by atoms with Crippen LogP contribution in [0.2, 0.25) is 0 Å². The van der Waals surface area contributed by atoms with Gasteiger partial charge in [0.25, 0.3) is 0 Å². The van der Waals surface area contributed by atoms with Crippen molar-refractivity contribution < 1.29 is 59.1 Å². The molecule has 0 fully saturated rings. The quantitative estimate of drug-likeness (QED) is 0.292. The zero-order chi connectivity index (χ0) is 2.71. The average Bonchev–Trinajstić information content (AvgIpc) is 0.918. The van der Waals surface area contributed by atoms with Crippen LogP contribution < -0.4 is 64.4 Å². The summed E-state index contributed by atoms with van der Waals surface area (Å²) in [6, 6.07) is 0. The first-order valence-corrected chi connectivity index (χ1v) is 1.00. The molecule has 0 unspecified atom stereocenters. The Labute approximate surface area is 77.5 Å². The molecule has 1 N–H and O–H groups in total. The smallest absolute Gasteiger partial charge is 0.323 e. The van der Waals surface area contributed by atoms with Crippen molar-refractivity contribution in [2.75, 3.05) is 14.1 Å². The van der Waals surface area contributed by atoms with Gasteiger partial charge in [-0.25, -0.2) is 0 Å². The Morgan fingerprint density at radius 3 is 1.00 bits per heavy atom. The van der Waals surface area contributed by atoms with Crippen molar-refractivity contribution >= 4 is 0 Å². The van der Waals surface area contributed by atoms with E-state index < -0.39 is 0 Å². The minimum Gasteiger partial charge on any atom is -0.323 e. The first-order valence-electron chi connectivity index (χ1n) is 1.00. The molecule has 20 valence electrons. The SMILES string of the molecule is CNC.[Na+].[Na+]. The number of hydrogen-bond donors (Lipinski definition) is 1. The van der Waals surface area contributed by atoms with Crippen LogP contribution in [0.5, 0.6) is 0 Å². The Morgan fingerprint density at radius 1 is 1.00 bits per heavy atom. The molecule has 0 aromatic heterocycles. The molecule has 0 heterocycles. The van der Waals surface area contributed by atoms with Gasteiger partial charge in [-0.1, -0.05) is 0 Å². The van der Waals surface area contributed by atoms with E-state index >= 15 is 0 Å². The molecule has 5 heavy (non-hydrogen) atoms. The average molecular weight is 91.1 g/mol. The van der Waals surface area contributed by atoms with Gasteiger partial charge in [0.1, 0.15) is 0 Å². The molecule has 0 aromatic carbocycles. The van der Waals surface area contributed by atoms with E-state index in [1.54, 1.807) is 0 Å². The summed E-state index contributed by atoms with van der Waals surface area (Å²) >= 11 is 0. The van der Waals surface area contributed by atoms with Crippen molar-refractivity contribution in [2.24, 2.45) is 0 Å². The molecule has 0 rings (SSSR count). The summed E-state index contributed by atoms with van der Waals surface area (Å²) in [6.07, 6.45) is 0. The van der Waals surface area contributed by atoms with Crippen LogP contribution in [-0.2, 0) is 0 Å². The molecule has 0 saturated carbocycles. The van der Waals surface area contributed by atoms with Crippen LogP contribution in [0.1, 0.15) is 0 Å². The van der Waals surface area contributed by atoms with E-state index in [0.29, 0.717) is 0 Å². The maximum Gasteiger partial charge on any atom is 1.00 e. The third-order valence-electron chi connectivity index (χ3n) is 0. The van der Waals surface area contributed by atoms with E-state index in [0.717, 1.165) is 0 Å². The van der Waals surface area contributed by atoms with Gasteiger partial charge in [0.15, 0.2) is 0 Å². The van der Waals surface area contributed by atoms with Gasteiger partial charge in [-0.3, -0.25) is 0 Å². The Kier molecular flexibility index (Phi) is 52.8. The molecule has 0 spiro atoms. The predicted octanol–water partition coefficient (Wildman–Crippen LogP) is -6.16. The van der Waals surface area contributed by atoms with Gasteiger partial charge in [-0.05, 0) is 14.1 Å². The fraction of sp³-hybridized carbons (Fsp3) is 1.00. The minimum absolute atomic E-state index is 0. The molecular weight excluding hydrogens is 84.0 g/mol. The van der Waals surface area contributed by atoms with Crippen molar-refractivity contribution in [2.45, 2.75) is 0 Å². The van der Waals surface area contributed by atoms with Crippen molar-refractivity contribution in [1.82, 2.24) is 5.32 Å². The molecule has 0 aliphatic heterocycles. The largest absolute Gasteiger partial charge is 1.00 e. The van der Waals surface area contributed by atoms with Crippen molar-refractivity contribution in [3.05, 3.63) is 0 Å². The van der Waals surface area contributed by atoms with Crippen LogP contribution in [0.3, 0.4) is 0 Å². The molecule has 3 heteroatoms. The Bertz CT molecular complexity index is 7.61. The van der Waals surface area contributed by atoms with E-state index in [2.05, 4.69) is 5.32 Å². The molecule has 0 bridgehead atoms. The zero-order valence-corrected chi connectivity index (χ0v) is 8.50. The summed E-state index contributed by atoms with van der Waals surface area (Å²) in [4.78, 5) is 0. The fourth-order valence-corrected chi connectivity index (χ4v) is 0. The summed E-state index contributed by atoms with van der Waals surface area (Å²) in [6.45, 7) is 0. The van der Waals surface area contributed by atoms with Crippen molar-refractivity contribution in [3.63, 3.8) is 0 Å². The van der Waals surface area contributed by atoms with Crippen LogP contribution >= 0.6 is 0 Å². The van der Waals surface area contributed by atoms with Gasteiger partial charge < -0.3 is 5.32 Å². The van der Waals surface area contributed by atoms with Crippen molar-refractivity contribution in [3.8, 4) is 0 Å². The Morgan fingerprint density at radius 2 is 1.00 bits per heavy atom. The second-order valence-corrected chi connectivity index (χ2v) is 0.500. The molecule has 0 aliphatic carbocycles. The molecule has 0 saturated heterocycles. The second kappa shape index (κ2) is 16.7. The van der Waals surface area contributed by atoms with E-state index in [4.69, 9.17) is 0 Å². The van der Waals surface area contributed by atoms with Gasteiger partial charge in [-0.2, -0.15) is 0 Å². The minimum atomic E-state index is 0. The predicted molar refractivity (Wildman–Crippen MR) is 15.0 cm³/mol. The monoisotopic (exact) mass is 91.0 g/mol. The van der Waals surface area contributed by atoms with E-state index in [1.165, 1.54) is 0 Å². The van der Waals surface area contributed by atoms with E-state index in [9.17, 15) is 0 Å². The van der Waals surface area contributed by atoms with Crippen LogP contribution in [0.4, 0.5) is 0 Å². The van der Waals surface area contributed by atoms with Gasteiger partial charge in [0.2, 0.25) is 0 Å². The first-order chi connectivity index (χ1) is 1.41. The molecule has 1 nitrogen and oxygen atoms in total. The number of rotatable bonds is 0. The maximum atomic E-state index is 2.75. The molecule has 0 radical (unpaired) electrons. The summed E-state index contributed by atoms with van der Waals surface area (Å²) in [5, 5.41) is 2.75. The summed E-state index contributed by atoms with van der Waals surface area (Å²) in [7, 11) is 3.75. The third-order valence-corrected chi connectivity index (χ3v) is 0. The second-order valence-electron chi connectivity index (χ2n) is 0.500. The number of hydrogen-bond acceptors (Lipinski definition) is 1. The van der Waals surface area contributed by atoms with Crippen LogP contribution in [0, 0.1) is 0 Å². The molecule has 0 atom stereocenters. The normalized spacial score (nSPS) is 3.60. The van der Waals surface area contributed by atoms with E-state index in [1.807, 2.05) is 14.1 Å². The molecule has 0 aliphatic rings. The topological polar surface area (TPSA) is 12.0 Å². The standard InChI is InChI=1S/C2H7N.2Na/c1-3-2;;/h3H,1-2H3;;/q;2*+1. The van der Waals surface area contributed by atoms with Gasteiger partial charge in [0.05, 0.1) is 0 Å². The molecular formula is C2H7NNa2+2. The number of nitrogens with one attached hydrogen (secondary N) is 1. The zero-order valence-electron chi connectivity index (χ0n) is 4.50. The van der Waals surface area contributed by atoms with Gasteiger partial charge >= 0.3 is 59.1 Å². The Balaban J connectivity index is -0.0000000200. The van der Waals surface area contributed by atoms with Crippen LogP contribution in [0.15, 0.2) is 0 Å². The maximum absolute atomic E-state index is 2.75. The van der Waals surface area contributed by atoms with E-state index in [-0.39, 0.29) is 59.1 Å². The van der Waals surface area contributed by atoms with Gasteiger partial charge in [-0.15, -0.1) is 0 Å². The third kappa shape index (κ3) is 24.3.